The first-order valence-electron chi connectivity index (χ1n) is 6.56. The summed E-state index contributed by atoms with van der Waals surface area (Å²) in [5.74, 6) is 0.774. The maximum absolute atomic E-state index is 12.2. The zero-order chi connectivity index (χ0) is 12.3. The molecule has 0 aromatic carbocycles. The summed E-state index contributed by atoms with van der Waals surface area (Å²) in [6.45, 7) is 0.646. The normalized spacial score (nSPS) is 30.2. The molecule has 0 unspecified atom stereocenters. The standard InChI is InChI=1S/C14H15NO3/c16-12-10-3-1-2-6-14(10)9-5-8-18-11(9)4-7-15(14)13(12)17/h5,8,16H,1-4,6-7H2/t14-/m1/s1. The highest BCUT2D eigenvalue weighted by molar-refractivity contribution is 5.97. The van der Waals surface area contributed by atoms with Crippen molar-refractivity contribution < 1.29 is 14.3 Å². The maximum atomic E-state index is 12.2. The highest BCUT2D eigenvalue weighted by Gasteiger charge is 2.56. The van der Waals surface area contributed by atoms with Crippen molar-refractivity contribution in [1.29, 1.82) is 0 Å². The summed E-state index contributed by atoms with van der Waals surface area (Å²) in [5, 5.41) is 10.1. The van der Waals surface area contributed by atoms with Crippen molar-refractivity contribution in [1.82, 2.24) is 4.90 Å². The van der Waals surface area contributed by atoms with E-state index in [0.29, 0.717) is 6.54 Å². The third kappa shape index (κ3) is 0.959. The molecular weight excluding hydrogens is 230 g/mol. The Bertz CT molecular complexity index is 571. The molecule has 3 heterocycles. The molecule has 2 aliphatic heterocycles. The van der Waals surface area contributed by atoms with Crippen molar-refractivity contribution in [2.24, 2.45) is 0 Å². The lowest BCUT2D eigenvalue weighted by Crippen LogP contribution is -2.50. The lowest BCUT2D eigenvalue weighted by Gasteiger charge is -2.45. The zero-order valence-electron chi connectivity index (χ0n) is 10.1. The molecule has 1 fully saturated rings. The van der Waals surface area contributed by atoms with Crippen LogP contribution in [-0.2, 0) is 16.8 Å². The van der Waals surface area contributed by atoms with Gasteiger partial charge in [0.2, 0.25) is 0 Å². The lowest BCUT2D eigenvalue weighted by molar-refractivity contribution is -0.133. The van der Waals surface area contributed by atoms with Crippen LogP contribution in [0.15, 0.2) is 28.1 Å². The van der Waals surface area contributed by atoms with Crippen LogP contribution >= 0.6 is 0 Å². The Hall–Kier alpha value is -1.71. The van der Waals surface area contributed by atoms with E-state index in [0.717, 1.165) is 49.0 Å². The van der Waals surface area contributed by atoms with Crippen molar-refractivity contribution in [3.63, 3.8) is 0 Å². The minimum Gasteiger partial charge on any atom is -0.503 e. The second-order valence-corrected chi connectivity index (χ2v) is 5.36. The molecule has 1 aromatic heterocycles. The molecule has 94 valence electrons. The van der Waals surface area contributed by atoms with Crippen LogP contribution in [0.2, 0.25) is 0 Å². The number of aliphatic hydroxyl groups is 1. The number of furan rings is 1. The SMILES string of the molecule is O=C1C(O)=C2CCCC[C@@]23c2ccoc2CCN13. The first-order valence-corrected chi connectivity index (χ1v) is 6.56. The van der Waals surface area contributed by atoms with Crippen molar-refractivity contribution in [2.75, 3.05) is 6.54 Å². The fourth-order valence-electron chi connectivity index (χ4n) is 3.93. The third-order valence-electron chi connectivity index (χ3n) is 4.66. The number of rotatable bonds is 0. The van der Waals surface area contributed by atoms with Crippen LogP contribution in [-0.4, -0.2) is 22.5 Å². The number of hydrogen-bond acceptors (Lipinski definition) is 3. The molecular formula is C14H15NO3. The van der Waals surface area contributed by atoms with Gasteiger partial charge >= 0.3 is 0 Å². The molecule has 1 spiro atoms. The predicted octanol–water partition coefficient (Wildman–Crippen LogP) is 2.26. The molecule has 4 nitrogen and oxygen atoms in total. The van der Waals surface area contributed by atoms with Crippen LogP contribution in [0.3, 0.4) is 0 Å². The highest BCUT2D eigenvalue weighted by Crippen LogP contribution is 2.54. The number of hydrogen-bond donors (Lipinski definition) is 1. The fraction of sp³-hybridized carbons (Fsp3) is 0.500. The molecule has 4 rings (SSSR count). The van der Waals surface area contributed by atoms with Crippen molar-refractivity contribution in [3.8, 4) is 0 Å². The summed E-state index contributed by atoms with van der Waals surface area (Å²) in [6, 6.07) is 1.97. The molecule has 1 saturated carbocycles. The van der Waals surface area contributed by atoms with Crippen LogP contribution < -0.4 is 0 Å². The van der Waals surface area contributed by atoms with Gasteiger partial charge in [-0.2, -0.15) is 0 Å². The number of nitrogens with zero attached hydrogens (tertiary/aromatic N) is 1. The number of amides is 1. The summed E-state index contributed by atoms with van der Waals surface area (Å²) in [6.07, 6.45) is 6.31. The Balaban J connectivity index is 2.00. The van der Waals surface area contributed by atoms with Gasteiger partial charge in [-0.3, -0.25) is 4.79 Å². The molecule has 18 heavy (non-hydrogen) atoms. The first-order chi connectivity index (χ1) is 8.75. The Morgan fingerprint density at radius 2 is 2.22 bits per heavy atom. The molecule has 1 N–H and O–H groups in total. The lowest BCUT2D eigenvalue weighted by atomic mass is 9.71. The van der Waals surface area contributed by atoms with Gasteiger partial charge < -0.3 is 14.4 Å². The summed E-state index contributed by atoms with van der Waals surface area (Å²) < 4.78 is 5.54. The average Bonchev–Trinajstić information content (AvgIpc) is 2.94. The van der Waals surface area contributed by atoms with Crippen molar-refractivity contribution in [2.45, 2.75) is 37.6 Å². The number of carbonyl (C=O) groups excluding carboxylic acids is 1. The molecule has 0 saturated heterocycles. The molecule has 1 aliphatic carbocycles. The van der Waals surface area contributed by atoms with E-state index in [-0.39, 0.29) is 17.2 Å². The van der Waals surface area contributed by atoms with E-state index in [2.05, 4.69) is 0 Å². The van der Waals surface area contributed by atoms with Gasteiger partial charge in [-0.1, -0.05) is 6.42 Å². The van der Waals surface area contributed by atoms with Gasteiger partial charge in [-0.05, 0) is 25.3 Å². The fourth-order valence-corrected chi connectivity index (χ4v) is 3.93. The Morgan fingerprint density at radius 3 is 3.11 bits per heavy atom. The largest absolute Gasteiger partial charge is 0.503 e. The van der Waals surface area contributed by atoms with Gasteiger partial charge in [0, 0.05) is 24.1 Å². The summed E-state index contributed by atoms with van der Waals surface area (Å²) in [7, 11) is 0. The maximum Gasteiger partial charge on any atom is 0.289 e. The molecule has 4 heteroatoms. The van der Waals surface area contributed by atoms with E-state index in [1.165, 1.54) is 0 Å². The van der Waals surface area contributed by atoms with E-state index in [9.17, 15) is 9.90 Å². The second kappa shape index (κ2) is 3.19. The molecule has 1 aromatic rings. The van der Waals surface area contributed by atoms with Gasteiger partial charge in [-0.25, -0.2) is 0 Å². The summed E-state index contributed by atoms with van der Waals surface area (Å²) >= 11 is 0. The monoisotopic (exact) mass is 245 g/mol. The summed E-state index contributed by atoms with van der Waals surface area (Å²) in [5.41, 5.74) is 1.63. The molecule has 0 bridgehead atoms. The van der Waals surface area contributed by atoms with Crippen LogP contribution in [0.1, 0.15) is 37.0 Å². The van der Waals surface area contributed by atoms with Crippen LogP contribution in [0.5, 0.6) is 0 Å². The van der Waals surface area contributed by atoms with E-state index < -0.39 is 0 Å². The number of aliphatic hydroxyl groups excluding tert-OH is 1. The van der Waals surface area contributed by atoms with E-state index in [1.54, 1.807) is 6.26 Å². The van der Waals surface area contributed by atoms with Crippen molar-refractivity contribution >= 4 is 5.91 Å². The third-order valence-corrected chi connectivity index (χ3v) is 4.66. The first kappa shape index (κ1) is 10.2. The zero-order valence-corrected chi connectivity index (χ0v) is 10.1. The number of carbonyl (C=O) groups is 1. The smallest absolute Gasteiger partial charge is 0.289 e. The van der Waals surface area contributed by atoms with E-state index in [1.807, 2.05) is 11.0 Å². The topological polar surface area (TPSA) is 53.7 Å². The van der Waals surface area contributed by atoms with Gasteiger partial charge in [0.05, 0.1) is 11.8 Å². The van der Waals surface area contributed by atoms with Gasteiger partial charge in [-0.15, -0.1) is 0 Å². The van der Waals surface area contributed by atoms with Crippen molar-refractivity contribution in [3.05, 3.63) is 35.0 Å². The Labute approximate surface area is 105 Å². The Morgan fingerprint density at radius 1 is 1.33 bits per heavy atom. The van der Waals surface area contributed by atoms with Crippen LogP contribution in [0, 0.1) is 0 Å². The van der Waals surface area contributed by atoms with Crippen LogP contribution in [0.25, 0.3) is 0 Å². The predicted molar refractivity (Wildman–Crippen MR) is 63.9 cm³/mol. The average molecular weight is 245 g/mol. The highest BCUT2D eigenvalue weighted by atomic mass is 16.3. The van der Waals surface area contributed by atoms with Gasteiger partial charge in [0.1, 0.15) is 5.76 Å². The van der Waals surface area contributed by atoms with E-state index in [4.69, 9.17) is 4.42 Å². The second-order valence-electron chi connectivity index (χ2n) is 5.36. The minimum absolute atomic E-state index is 0.0104. The molecule has 1 atom stereocenters. The molecule has 3 aliphatic rings. The van der Waals surface area contributed by atoms with Gasteiger partial charge in [0.25, 0.3) is 5.91 Å². The Kier molecular flexibility index (Phi) is 1.81. The minimum atomic E-state index is -0.389. The van der Waals surface area contributed by atoms with E-state index >= 15 is 0 Å². The quantitative estimate of drug-likeness (QED) is 0.762. The van der Waals surface area contributed by atoms with Gasteiger partial charge in [0.15, 0.2) is 5.76 Å². The summed E-state index contributed by atoms with van der Waals surface area (Å²) in [4.78, 5) is 14.1. The molecule has 1 amide bonds. The van der Waals surface area contributed by atoms with Crippen LogP contribution in [0.4, 0.5) is 0 Å². The molecule has 0 radical (unpaired) electrons. The number of fused-ring (bicyclic) bond motifs is 1.